The van der Waals surface area contributed by atoms with Gasteiger partial charge in [-0.15, -0.1) is 0 Å². The van der Waals surface area contributed by atoms with Crippen LogP contribution in [-0.4, -0.2) is 17.5 Å². The molecule has 0 saturated heterocycles. The number of aromatic nitrogens is 1. The molecule has 138 valence electrons. The minimum atomic E-state index is -0.221. The van der Waals surface area contributed by atoms with Crippen molar-refractivity contribution in [2.24, 2.45) is 0 Å². The van der Waals surface area contributed by atoms with E-state index in [0.717, 1.165) is 17.0 Å². The lowest BCUT2D eigenvalue weighted by molar-refractivity contribution is 0.102. The highest BCUT2D eigenvalue weighted by molar-refractivity contribution is 6.30. The Morgan fingerprint density at radius 1 is 1.04 bits per heavy atom. The number of halogens is 1. The first kappa shape index (κ1) is 18.7. The van der Waals surface area contributed by atoms with Crippen LogP contribution in [0.25, 0.3) is 0 Å². The molecular formula is C21H20ClN3O2. The van der Waals surface area contributed by atoms with Crippen LogP contribution < -0.4 is 15.4 Å². The number of amides is 1. The summed E-state index contributed by atoms with van der Waals surface area (Å²) in [7, 11) is 0. The molecule has 1 aromatic heterocycles. The standard InChI is InChI=1S/C21H20ClN3O2/c1-2-27-20-9-7-18(8-10-20)25-21(26)16-11-19(14-23-13-16)24-12-15-3-5-17(22)6-4-15/h3-11,13-14,24H,2,12H2,1H3,(H,25,26). The molecule has 3 rings (SSSR count). The van der Waals surface area contributed by atoms with Crippen LogP contribution in [0.15, 0.2) is 67.0 Å². The van der Waals surface area contributed by atoms with Crippen LogP contribution >= 0.6 is 11.6 Å². The summed E-state index contributed by atoms with van der Waals surface area (Å²) in [5, 5.41) is 6.82. The lowest BCUT2D eigenvalue weighted by atomic mass is 10.2. The van der Waals surface area contributed by atoms with Crippen LogP contribution in [0, 0.1) is 0 Å². The minimum absolute atomic E-state index is 0.221. The highest BCUT2D eigenvalue weighted by Gasteiger charge is 2.08. The second-order valence-corrected chi connectivity index (χ2v) is 6.29. The monoisotopic (exact) mass is 381 g/mol. The number of ether oxygens (including phenoxy) is 1. The Kier molecular flexibility index (Phi) is 6.28. The van der Waals surface area contributed by atoms with Crippen molar-refractivity contribution in [2.45, 2.75) is 13.5 Å². The Labute approximate surface area is 163 Å². The summed E-state index contributed by atoms with van der Waals surface area (Å²) < 4.78 is 5.40. The van der Waals surface area contributed by atoms with Crippen LogP contribution in [0.4, 0.5) is 11.4 Å². The van der Waals surface area contributed by atoms with Crippen LogP contribution in [0.5, 0.6) is 5.75 Å². The average Bonchev–Trinajstić information content (AvgIpc) is 2.69. The molecule has 0 saturated carbocycles. The summed E-state index contributed by atoms with van der Waals surface area (Å²) in [4.78, 5) is 16.6. The molecule has 0 aliphatic rings. The van der Waals surface area contributed by atoms with E-state index < -0.39 is 0 Å². The summed E-state index contributed by atoms with van der Waals surface area (Å²) in [6.07, 6.45) is 3.22. The van der Waals surface area contributed by atoms with Crippen LogP contribution in [0.3, 0.4) is 0 Å². The van der Waals surface area contributed by atoms with Gasteiger partial charge in [-0.05, 0) is 55.0 Å². The summed E-state index contributed by atoms with van der Waals surface area (Å²) >= 11 is 5.89. The molecule has 0 fully saturated rings. The maximum absolute atomic E-state index is 12.5. The van der Waals surface area contributed by atoms with Crippen molar-refractivity contribution < 1.29 is 9.53 Å². The van der Waals surface area contributed by atoms with Crippen molar-refractivity contribution in [1.29, 1.82) is 0 Å². The maximum atomic E-state index is 12.5. The van der Waals surface area contributed by atoms with Crippen molar-refractivity contribution in [3.05, 3.63) is 83.1 Å². The number of benzene rings is 2. The van der Waals surface area contributed by atoms with Crippen LogP contribution in [0.2, 0.25) is 5.02 Å². The normalized spacial score (nSPS) is 10.3. The molecule has 0 aliphatic carbocycles. The molecule has 0 aliphatic heterocycles. The van der Waals surface area contributed by atoms with E-state index in [2.05, 4.69) is 15.6 Å². The van der Waals surface area contributed by atoms with Gasteiger partial charge in [-0.2, -0.15) is 0 Å². The Balaban J connectivity index is 1.61. The quantitative estimate of drug-likeness (QED) is 0.604. The van der Waals surface area contributed by atoms with E-state index in [1.54, 1.807) is 24.4 Å². The van der Waals surface area contributed by atoms with Gasteiger partial charge in [0.25, 0.3) is 5.91 Å². The van der Waals surface area contributed by atoms with E-state index in [0.29, 0.717) is 29.4 Å². The molecule has 1 amide bonds. The van der Waals surface area contributed by atoms with Crippen LogP contribution in [-0.2, 0) is 6.54 Å². The number of nitrogens with one attached hydrogen (secondary N) is 2. The second kappa shape index (κ2) is 9.05. The Morgan fingerprint density at radius 3 is 2.48 bits per heavy atom. The largest absolute Gasteiger partial charge is 0.494 e. The summed E-state index contributed by atoms with van der Waals surface area (Å²) in [5.74, 6) is 0.548. The predicted octanol–water partition coefficient (Wildman–Crippen LogP) is 5.00. The number of hydrogen-bond donors (Lipinski definition) is 2. The maximum Gasteiger partial charge on any atom is 0.257 e. The number of carbonyl (C=O) groups excluding carboxylic acids is 1. The summed E-state index contributed by atoms with van der Waals surface area (Å²) in [6.45, 7) is 3.15. The molecule has 3 aromatic rings. The first-order valence-corrected chi connectivity index (χ1v) is 8.99. The van der Waals surface area contributed by atoms with E-state index in [1.807, 2.05) is 43.3 Å². The number of anilines is 2. The SMILES string of the molecule is CCOc1ccc(NC(=O)c2cncc(NCc3ccc(Cl)cc3)c2)cc1. The van der Waals surface area contributed by atoms with Gasteiger partial charge in [0.2, 0.25) is 0 Å². The molecule has 1 heterocycles. The van der Waals surface area contributed by atoms with E-state index in [1.165, 1.54) is 6.20 Å². The topological polar surface area (TPSA) is 63.2 Å². The summed E-state index contributed by atoms with van der Waals surface area (Å²) in [5.41, 5.74) is 3.03. The second-order valence-electron chi connectivity index (χ2n) is 5.85. The van der Waals surface area contributed by atoms with Crippen molar-refractivity contribution in [1.82, 2.24) is 4.98 Å². The van der Waals surface area contributed by atoms with Gasteiger partial charge in [0.1, 0.15) is 5.75 Å². The highest BCUT2D eigenvalue weighted by atomic mass is 35.5. The Hall–Kier alpha value is -3.05. The number of nitrogens with zero attached hydrogens (tertiary/aromatic N) is 1. The third-order valence-corrected chi connectivity index (χ3v) is 4.09. The third-order valence-electron chi connectivity index (χ3n) is 3.83. The average molecular weight is 382 g/mol. The van der Waals surface area contributed by atoms with Gasteiger partial charge in [-0.1, -0.05) is 23.7 Å². The highest BCUT2D eigenvalue weighted by Crippen LogP contribution is 2.17. The minimum Gasteiger partial charge on any atom is -0.494 e. The molecular weight excluding hydrogens is 362 g/mol. The number of carbonyl (C=O) groups is 1. The van der Waals surface area contributed by atoms with E-state index in [4.69, 9.17) is 16.3 Å². The fourth-order valence-corrected chi connectivity index (χ4v) is 2.60. The lowest BCUT2D eigenvalue weighted by Gasteiger charge is -2.09. The van der Waals surface area contributed by atoms with Crippen molar-refractivity contribution >= 4 is 28.9 Å². The molecule has 5 nitrogen and oxygen atoms in total. The number of rotatable bonds is 7. The molecule has 27 heavy (non-hydrogen) atoms. The van der Waals surface area contributed by atoms with Gasteiger partial charge in [0.05, 0.1) is 17.9 Å². The Bertz CT molecular complexity index is 896. The Morgan fingerprint density at radius 2 is 1.78 bits per heavy atom. The fourth-order valence-electron chi connectivity index (χ4n) is 2.47. The molecule has 2 aromatic carbocycles. The zero-order valence-corrected chi connectivity index (χ0v) is 15.7. The summed E-state index contributed by atoms with van der Waals surface area (Å²) in [6, 6.07) is 16.6. The van der Waals surface area contributed by atoms with Gasteiger partial charge in [-0.25, -0.2) is 0 Å². The van der Waals surface area contributed by atoms with E-state index in [9.17, 15) is 4.79 Å². The van der Waals surface area contributed by atoms with E-state index >= 15 is 0 Å². The predicted molar refractivity (Wildman–Crippen MR) is 109 cm³/mol. The van der Waals surface area contributed by atoms with Crippen molar-refractivity contribution in [2.75, 3.05) is 17.2 Å². The molecule has 0 bridgehead atoms. The smallest absolute Gasteiger partial charge is 0.257 e. The first-order valence-electron chi connectivity index (χ1n) is 8.61. The zero-order valence-electron chi connectivity index (χ0n) is 14.9. The third kappa shape index (κ3) is 5.46. The van der Waals surface area contributed by atoms with Gasteiger partial charge < -0.3 is 15.4 Å². The molecule has 0 unspecified atom stereocenters. The van der Waals surface area contributed by atoms with Crippen LogP contribution in [0.1, 0.15) is 22.8 Å². The fraction of sp³-hybridized carbons (Fsp3) is 0.143. The van der Waals surface area contributed by atoms with Gasteiger partial charge in [0, 0.05) is 29.6 Å². The van der Waals surface area contributed by atoms with Crippen molar-refractivity contribution in [3.63, 3.8) is 0 Å². The first-order chi connectivity index (χ1) is 13.1. The number of hydrogen-bond acceptors (Lipinski definition) is 4. The van der Waals surface area contributed by atoms with E-state index in [-0.39, 0.29) is 5.91 Å². The molecule has 0 atom stereocenters. The molecule has 0 radical (unpaired) electrons. The number of pyridine rings is 1. The lowest BCUT2D eigenvalue weighted by Crippen LogP contribution is -2.12. The molecule has 0 spiro atoms. The van der Waals surface area contributed by atoms with Crippen molar-refractivity contribution in [3.8, 4) is 5.75 Å². The zero-order chi connectivity index (χ0) is 19.1. The molecule has 6 heteroatoms. The van der Waals surface area contributed by atoms with Gasteiger partial charge in [0.15, 0.2) is 0 Å². The van der Waals surface area contributed by atoms with Gasteiger partial charge >= 0.3 is 0 Å². The molecule has 2 N–H and O–H groups in total. The van der Waals surface area contributed by atoms with Gasteiger partial charge in [-0.3, -0.25) is 9.78 Å².